The molecule has 0 spiro atoms. The molecule has 1 aromatic carbocycles. The van der Waals surface area contributed by atoms with Crippen LogP contribution in [0.3, 0.4) is 0 Å². The van der Waals surface area contributed by atoms with Gasteiger partial charge in [-0.3, -0.25) is 10.1 Å². The van der Waals surface area contributed by atoms with Gasteiger partial charge in [0.15, 0.2) is 0 Å². The first-order chi connectivity index (χ1) is 7.97. The molecule has 0 heterocycles. The molecule has 1 N–H and O–H groups in total. The topological polar surface area (TPSA) is 107 Å². The van der Waals surface area contributed by atoms with E-state index in [4.69, 9.17) is 5.11 Å². The number of carbonyl (C=O) groups is 2. The van der Waals surface area contributed by atoms with Crippen LogP contribution in [-0.4, -0.2) is 28.6 Å². The van der Waals surface area contributed by atoms with Crippen LogP contribution in [0.1, 0.15) is 27.6 Å². The fraction of sp³-hybridized carbons (Fsp3) is 0.200. The van der Waals surface area contributed by atoms with Crippen molar-refractivity contribution in [1.29, 1.82) is 0 Å². The third kappa shape index (κ3) is 3.42. The summed E-state index contributed by atoms with van der Waals surface area (Å²) in [5.41, 5.74) is -1.10. The van der Waals surface area contributed by atoms with Gasteiger partial charge in [0.25, 0.3) is 5.69 Å². The van der Waals surface area contributed by atoms with Gasteiger partial charge in [-0.15, -0.1) is 12.4 Å². The van der Waals surface area contributed by atoms with Crippen molar-refractivity contribution < 1.29 is 24.4 Å². The van der Waals surface area contributed by atoms with E-state index in [0.717, 1.165) is 18.2 Å². The van der Waals surface area contributed by atoms with E-state index in [0.29, 0.717) is 0 Å². The number of nitro benzene ring substituents is 1. The molecule has 0 aliphatic carbocycles. The molecular weight excluding hydrogens is 266 g/mol. The number of nitro groups is 1. The molecule has 0 bridgehead atoms. The largest absolute Gasteiger partial charge is 0.478 e. The predicted molar refractivity (Wildman–Crippen MR) is 63.3 cm³/mol. The second kappa shape index (κ2) is 6.55. The molecule has 0 atom stereocenters. The van der Waals surface area contributed by atoms with Gasteiger partial charge < -0.3 is 9.84 Å². The number of ether oxygens (including phenoxy) is 1. The minimum absolute atomic E-state index is 0. The summed E-state index contributed by atoms with van der Waals surface area (Å²) in [6.45, 7) is 1.64. The zero-order chi connectivity index (χ0) is 13.0. The summed E-state index contributed by atoms with van der Waals surface area (Å²) in [5.74, 6) is -2.15. The normalized spacial score (nSPS) is 9.17. The van der Waals surface area contributed by atoms with Gasteiger partial charge in [0.2, 0.25) is 0 Å². The number of rotatable bonds is 4. The molecule has 1 aromatic rings. The summed E-state index contributed by atoms with van der Waals surface area (Å²) >= 11 is 0. The van der Waals surface area contributed by atoms with Crippen LogP contribution in [0.5, 0.6) is 0 Å². The molecule has 0 fully saturated rings. The standard InChI is InChI=1S/C10H9NO6.ClH/c1-2-17-10(14)7-4-3-6(9(12)13)5-8(7)11(15)16;/h3-5H,2H2,1H3,(H,12,13);1H. The van der Waals surface area contributed by atoms with Crippen LogP contribution in [0, 0.1) is 10.1 Å². The Hall–Kier alpha value is -2.15. The number of esters is 1. The highest BCUT2D eigenvalue weighted by atomic mass is 35.5. The maximum absolute atomic E-state index is 11.4. The highest BCUT2D eigenvalue weighted by Crippen LogP contribution is 2.21. The first-order valence-corrected chi connectivity index (χ1v) is 4.66. The van der Waals surface area contributed by atoms with Crippen molar-refractivity contribution in [1.82, 2.24) is 0 Å². The van der Waals surface area contributed by atoms with E-state index in [9.17, 15) is 19.7 Å². The average Bonchev–Trinajstić information content (AvgIpc) is 2.28. The van der Waals surface area contributed by atoms with Gasteiger partial charge in [-0.25, -0.2) is 9.59 Å². The van der Waals surface area contributed by atoms with Crippen LogP contribution in [0.25, 0.3) is 0 Å². The molecule has 0 aliphatic heterocycles. The number of aromatic carboxylic acids is 1. The minimum Gasteiger partial charge on any atom is -0.478 e. The SMILES string of the molecule is CCOC(=O)c1ccc(C(=O)O)cc1[N+](=O)[O-].Cl. The van der Waals surface area contributed by atoms with Crippen LogP contribution in [0.4, 0.5) is 5.69 Å². The molecule has 8 heteroatoms. The number of halogens is 1. The lowest BCUT2D eigenvalue weighted by atomic mass is 10.1. The molecule has 0 saturated heterocycles. The van der Waals surface area contributed by atoms with Crippen molar-refractivity contribution in [2.45, 2.75) is 6.92 Å². The Kier molecular flexibility index (Phi) is 5.77. The summed E-state index contributed by atoms with van der Waals surface area (Å²) in [6.07, 6.45) is 0. The molecule has 1 rings (SSSR count). The first-order valence-electron chi connectivity index (χ1n) is 4.66. The lowest BCUT2D eigenvalue weighted by molar-refractivity contribution is -0.385. The van der Waals surface area contributed by atoms with E-state index in [1.807, 2.05) is 0 Å². The lowest BCUT2D eigenvalue weighted by Crippen LogP contribution is -2.09. The summed E-state index contributed by atoms with van der Waals surface area (Å²) in [4.78, 5) is 31.9. The van der Waals surface area contributed by atoms with Gasteiger partial charge in [-0.1, -0.05) is 0 Å². The molecule has 98 valence electrons. The molecule has 0 saturated carbocycles. The maximum Gasteiger partial charge on any atom is 0.345 e. The van der Waals surface area contributed by atoms with Crippen molar-refractivity contribution in [3.8, 4) is 0 Å². The number of carbonyl (C=O) groups excluding carboxylic acids is 1. The molecule has 0 radical (unpaired) electrons. The van der Waals surface area contributed by atoms with Crippen molar-refractivity contribution in [2.75, 3.05) is 6.61 Å². The summed E-state index contributed by atoms with van der Waals surface area (Å²) < 4.78 is 4.63. The Morgan fingerprint density at radius 2 is 2.06 bits per heavy atom. The maximum atomic E-state index is 11.4. The van der Waals surface area contributed by atoms with Crippen molar-refractivity contribution in [3.63, 3.8) is 0 Å². The van der Waals surface area contributed by atoms with Gasteiger partial charge >= 0.3 is 11.9 Å². The Morgan fingerprint density at radius 3 is 2.50 bits per heavy atom. The Labute approximate surface area is 108 Å². The van der Waals surface area contributed by atoms with Crippen molar-refractivity contribution in [3.05, 3.63) is 39.4 Å². The van der Waals surface area contributed by atoms with Crippen LogP contribution >= 0.6 is 12.4 Å². The van der Waals surface area contributed by atoms with Crippen LogP contribution in [0.15, 0.2) is 18.2 Å². The van der Waals surface area contributed by atoms with Gasteiger partial charge in [0, 0.05) is 6.07 Å². The quantitative estimate of drug-likeness (QED) is 0.511. The van der Waals surface area contributed by atoms with Gasteiger partial charge in [0.1, 0.15) is 5.56 Å². The number of nitrogens with zero attached hydrogens (tertiary/aromatic N) is 1. The third-order valence-electron chi connectivity index (χ3n) is 1.94. The monoisotopic (exact) mass is 275 g/mol. The molecule has 0 aliphatic rings. The van der Waals surface area contributed by atoms with Crippen molar-refractivity contribution in [2.24, 2.45) is 0 Å². The van der Waals surface area contributed by atoms with E-state index >= 15 is 0 Å². The van der Waals surface area contributed by atoms with Gasteiger partial charge in [-0.05, 0) is 19.1 Å². The van der Waals surface area contributed by atoms with Crippen molar-refractivity contribution >= 4 is 30.0 Å². The number of benzene rings is 1. The number of hydrogen-bond acceptors (Lipinski definition) is 5. The molecule has 0 unspecified atom stereocenters. The molecular formula is C10H10ClNO6. The Bertz CT molecular complexity index is 487. The van der Waals surface area contributed by atoms with Gasteiger partial charge in [0.05, 0.1) is 17.1 Å². The fourth-order valence-corrected chi connectivity index (χ4v) is 1.20. The zero-order valence-corrected chi connectivity index (χ0v) is 10.1. The van der Waals surface area contributed by atoms with E-state index in [1.165, 1.54) is 0 Å². The second-order valence-corrected chi connectivity index (χ2v) is 3.01. The van der Waals surface area contributed by atoms with Crippen LogP contribution in [0.2, 0.25) is 0 Å². The van der Waals surface area contributed by atoms with Crippen LogP contribution in [-0.2, 0) is 4.74 Å². The minimum atomic E-state index is -1.30. The highest BCUT2D eigenvalue weighted by Gasteiger charge is 2.23. The molecule has 7 nitrogen and oxygen atoms in total. The Balaban J connectivity index is 0.00000289. The summed E-state index contributed by atoms with van der Waals surface area (Å²) in [5, 5.41) is 19.4. The molecule has 18 heavy (non-hydrogen) atoms. The predicted octanol–water partition coefficient (Wildman–Crippen LogP) is 1.89. The first kappa shape index (κ1) is 15.9. The highest BCUT2D eigenvalue weighted by molar-refractivity contribution is 5.96. The average molecular weight is 276 g/mol. The number of carboxylic acids is 1. The number of carboxylic acid groups (broad SMARTS) is 1. The van der Waals surface area contributed by atoms with E-state index in [1.54, 1.807) is 6.92 Å². The van der Waals surface area contributed by atoms with E-state index in [-0.39, 0.29) is 30.1 Å². The fourth-order valence-electron chi connectivity index (χ4n) is 1.20. The number of hydrogen-bond donors (Lipinski definition) is 1. The van der Waals surface area contributed by atoms with Crippen LogP contribution < -0.4 is 0 Å². The Morgan fingerprint density at radius 1 is 1.44 bits per heavy atom. The smallest absolute Gasteiger partial charge is 0.345 e. The second-order valence-electron chi connectivity index (χ2n) is 3.01. The summed E-state index contributed by atoms with van der Waals surface area (Å²) in [7, 11) is 0. The molecule has 0 amide bonds. The zero-order valence-electron chi connectivity index (χ0n) is 9.28. The van der Waals surface area contributed by atoms with Gasteiger partial charge in [-0.2, -0.15) is 0 Å². The van der Waals surface area contributed by atoms with E-state index < -0.39 is 22.5 Å². The molecule has 0 aromatic heterocycles. The van der Waals surface area contributed by atoms with E-state index in [2.05, 4.69) is 4.74 Å². The lowest BCUT2D eigenvalue weighted by Gasteiger charge is -2.03. The summed E-state index contributed by atoms with van der Waals surface area (Å²) in [6, 6.07) is 3.01. The third-order valence-corrected chi connectivity index (χ3v) is 1.94.